The molecule has 0 aliphatic carbocycles. The zero-order valence-electron chi connectivity index (χ0n) is 19.6. The minimum Gasteiger partial charge on any atom is -0.507 e. The second kappa shape index (κ2) is 9.37. The molecule has 3 aromatic carbocycles. The topological polar surface area (TPSA) is 58.1 Å². The highest BCUT2D eigenvalue weighted by atomic mass is 16.5. The van der Waals surface area contributed by atoms with Crippen LogP contribution in [0.3, 0.4) is 0 Å². The highest BCUT2D eigenvalue weighted by molar-refractivity contribution is 5.82. The molecule has 0 aliphatic rings. The van der Waals surface area contributed by atoms with Crippen molar-refractivity contribution in [2.45, 2.75) is 39.7 Å². The molecular formula is C29H30N2O2. The van der Waals surface area contributed by atoms with Crippen LogP contribution < -0.4 is 4.74 Å². The van der Waals surface area contributed by atoms with Crippen LogP contribution in [0.1, 0.15) is 50.1 Å². The first-order chi connectivity index (χ1) is 15.8. The van der Waals surface area contributed by atoms with E-state index in [2.05, 4.69) is 61.3 Å². The van der Waals surface area contributed by atoms with Crippen LogP contribution in [0.4, 0.5) is 0 Å². The van der Waals surface area contributed by atoms with Gasteiger partial charge in [-0.25, -0.2) is 0 Å². The quantitative estimate of drug-likeness (QED) is 0.334. The number of hydrogen-bond acceptors (Lipinski definition) is 3. The molecule has 4 nitrogen and oxygen atoms in total. The summed E-state index contributed by atoms with van der Waals surface area (Å²) in [5.41, 5.74) is 6.79. The number of aromatic amines is 1. The number of H-pyrrole nitrogens is 1. The molecule has 0 aliphatic heterocycles. The van der Waals surface area contributed by atoms with Gasteiger partial charge in [0, 0.05) is 0 Å². The summed E-state index contributed by atoms with van der Waals surface area (Å²) in [4.78, 5) is 0. The fourth-order valence-corrected chi connectivity index (χ4v) is 3.70. The van der Waals surface area contributed by atoms with Gasteiger partial charge >= 0.3 is 0 Å². The van der Waals surface area contributed by atoms with Gasteiger partial charge in [0.15, 0.2) is 0 Å². The molecule has 1 heterocycles. The molecule has 0 radical (unpaired) electrons. The molecule has 4 rings (SSSR count). The maximum absolute atomic E-state index is 10.6. The third-order valence-corrected chi connectivity index (χ3v) is 5.65. The summed E-state index contributed by atoms with van der Waals surface area (Å²) in [5, 5.41) is 18.1. The minimum atomic E-state index is 0.131. The van der Waals surface area contributed by atoms with Crippen LogP contribution in [0.25, 0.3) is 22.9 Å². The van der Waals surface area contributed by atoms with E-state index in [0.717, 1.165) is 22.4 Å². The molecule has 0 bridgehead atoms. The average molecular weight is 439 g/mol. The predicted octanol–water partition coefficient (Wildman–Crippen LogP) is 7.22. The van der Waals surface area contributed by atoms with Gasteiger partial charge in [0.2, 0.25) is 0 Å². The van der Waals surface area contributed by atoms with Gasteiger partial charge in [0.05, 0.1) is 17.0 Å². The Balaban J connectivity index is 1.57. The van der Waals surface area contributed by atoms with Crippen molar-refractivity contribution in [2.75, 3.05) is 0 Å². The van der Waals surface area contributed by atoms with E-state index < -0.39 is 0 Å². The summed E-state index contributed by atoms with van der Waals surface area (Å²) in [6.07, 6.45) is 2.12. The lowest BCUT2D eigenvalue weighted by atomic mass is 9.86. The normalized spacial score (nSPS) is 12.1. The number of aromatic hydroxyl groups is 1. The molecule has 4 heteroatoms. The largest absolute Gasteiger partial charge is 0.507 e. The van der Waals surface area contributed by atoms with E-state index in [1.807, 2.05) is 49.4 Å². The molecule has 0 fully saturated rings. The Morgan fingerprint density at radius 1 is 0.970 bits per heavy atom. The van der Waals surface area contributed by atoms with Crippen LogP contribution in [0, 0.1) is 0 Å². The highest BCUT2D eigenvalue weighted by Crippen LogP contribution is 2.38. The van der Waals surface area contributed by atoms with Gasteiger partial charge in [-0.3, -0.25) is 5.10 Å². The van der Waals surface area contributed by atoms with Crippen LogP contribution in [-0.2, 0) is 12.0 Å². The van der Waals surface area contributed by atoms with Crippen molar-refractivity contribution in [1.29, 1.82) is 0 Å². The van der Waals surface area contributed by atoms with Crippen LogP contribution in [0.5, 0.6) is 11.5 Å². The summed E-state index contributed by atoms with van der Waals surface area (Å²) >= 11 is 0. The Labute approximate surface area is 195 Å². The second-order valence-electron chi connectivity index (χ2n) is 9.29. The number of nitrogens with zero attached hydrogens (tertiary/aromatic N) is 1. The van der Waals surface area contributed by atoms with E-state index >= 15 is 0 Å². The lowest BCUT2D eigenvalue weighted by Gasteiger charge is -2.18. The number of hydrogen-bond donors (Lipinski definition) is 2. The number of phenolic OH excluding ortho intramolecular Hbond substituents is 1. The number of aromatic nitrogens is 2. The number of benzene rings is 3. The Morgan fingerprint density at radius 2 is 1.70 bits per heavy atom. The monoisotopic (exact) mass is 438 g/mol. The van der Waals surface area contributed by atoms with Gasteiger partial charge in [-0.2, -0.15) is 5.10 Å². The lowest BCUT2D eigenvalue weighted by molar-refractivity contribution is 0.306. The van der Waals surface area contributed by atoms with Gasteiger partial charge < -0.3 is 9.84 Å². The fraction of sp³-hybridized carbons (Fsp3) is 0.207. The maximum atomic E-state index is 10.6. The van der Waals surface area contributed by atoms with E-state index in [1.165, 1.54) is 5.56 Å². The molecule has 0 saturated heterocycles. The molecule has 168 valence electrons. The zero-order chi connectivity index (χ0) is 23.4. The summed E-state index contributed by atoms with van der Waals surface area (Å²) in [6.45, 7) is 9.10. The van der Waals surface area contributed by atoms with Gasteiger partial charge in [0.25, 0.3) is 0 Å². The second-order valence-corrected chi connectivity index (χ2v) is 9.29. The number of ether oxygens (including phenoxy) is 1. The Bertz CT molecular complexity index is 1250. The van der Waals surface area contributed by atoms with Crippen molar-refractivity contribution in [3.63, 3.8) is 0 Å². The number of rotatable bonds is 6. The first-order valence-corrected chi connectivity index (χ1v) is 11.1. The average Bonchev–Trinajstić information content (AvgIpc) is 3.28. The third kappa shape index (κ3) is 5.35. The maximum Gasteiger partial charge on any atom is 0.132 e. The van der Waals surface area contributed by atoms with Gasteiger partial charge in [0.1, 0.15) is 18.1 Å². The first kappa shape index (κ1) is 22.4. The van der Waals surface area contributed by atoms with Gasteiger partial charge in [-0.1, -0.05) is 81.4 Å². The number of phenols is 1. The highest BCUT2D eigenvalue weighted by Gasteiger charge is 2.16. The van der Waals surface area contributed by atoms with Gasteiger partial charge in [-0.15, -0.1) is 0 Å². The molecule has 0 saturated carbocycles. The summed E-state index contributed by atoms with van der Waals surface area (Å²) in [6, 6.07) is 25.8. The van der Waals surface area contributed by atoms with E-state index in [9.17, 15) is 5.11 Å². The van der Waals surface area contributed by atoms with Crippen molar-refractivity contribution >= 4 is 11.6 Å². The van der Waals surface area contributed by atoms with E-state index in [1.54, 1.807) is 12.1 Å². The Kier molecular flexibility index (Phi) is 6.36. The number of nitrogens with one attached hydrogen (secondary N) is 1. The van der Waals surface area contributed by atoms with Crippen LogP contribution in [0.2, 0.25) is 0 Å². The number of allylic oxidation sites excluding steroid dienone is 1. The van der Waals surface area contributed by atoms with Crippen LogP contribution in [-0.4, -0.2) is 15.3 Å². The zero-order valence-corrected chi connectivity index (χ0v) is 19.6. The molecule has 33 heavy (non-hydrogen) atoms. The van der Waals surface area contributed by atoms with Crippen LogP contribution in [0.15, 0.2) is 78.9 Å². The summed E-state index contributed by atoms with van der Waals surface area (Å²) in [5.74, 6) is 0.753. The molecular weight excluding hydrogens is 408 g/mol. The molecule has 0 amide bonds. The van der Waals surface area contributed by atoms with Crippen molar-refractivity contribution in [3.05, 3.63) is 101 Å². The SMILES string of the molecule is C/C(=C/c1ccc(C(C)(C)C)cc1)c1cc(-c2c(O)cccc2OCc2ccccc2)[nH]n1. The molecule has 2 N–H and O–H groups in total. The fourth-order valence-electron chi connectivity index (χ4n) is 3.70. The summed E-state index contributed by atoms with van der Waals surface area (Å²) < 4.78 is 6.04. The summed E-state index contributed by atoms with van der Waals surface area (Å²) in [7, 11) is 0. The van der Waals surface area contributed by atoms with E-state index in [-0.39, 0.29) is 11.2 Å². The molecule has 0 atom stereocenters. The molecule has 4 aromatic rings. The van der Waals surface area contributed by atoms with Crippen molar-refractivity contribution in [2.24, 2.45) is 0 Å². The smallest absolute Gasteiger partial charge is 0.132 e. The van der Waals surface area contributed by atoms with Crippen molar-refractivity contribution in [3.8, 4) is 22.8 Å². The van der Waals surface area contributed by atoms with Crippen LogP contribution >= 0.6 is 0 Å². The molecule has 0 unspecified atom stereocenters. The Hall–Kier alpha value is -3.79. The Morgan fingerprint density at radius 3 is 2.39 bits per heavy atom. The molecule has 0 spiro atoms. The standard InChI is InChI=1S/C29H30N2O2/c1-20(17-21-13-15-23(16-14-21)29(2,3)4)24-18-25(31-30-24)28-26(32)11-8-12-27(28)33-19-22-9-6-5-7-10-22/h5-18,32H,19H2,1-4H3,(H,30,31)/b20-17-. The predicted molar refractivity (Wildman–Crippen MR) is 135 cm³/mol. The van der Waals surface area contributed by atoms with E-state index in [4.69, 9.17) is 4.74 Å². The van der Waals surface area contributed by atoms with Crippen molar-refractivity contribution < 1.29 is 9.84 Å². The third-order valence-electron chi connectivity index (χ3n) is 5.65. The molecule has 1 aromatic heterocycles. The minimum absolute atomic E-state index is 0.131. The lowest BCUT2D eigenvalue weighted by Crippen LogP contribution is -2.10. The van der Waals surface area contributed by atoms with Crippen molar-refractivity contribution in [1.82, 2.24) is 10.2 Å². The van der Waals surface area contributed by atoms with E-state index in [0.29, 0.717) is 23.6 Å². The van der Waals surface area contributed by atoms with Gasteiger partial charge in [-0.05, 0) is 58.9 Å². The first-order valence-electron chi connectivity index (χ1n) is 11.1.